The number of likely N-dealkylation sites (tertiary alicyclic amines) is 1. The summed E-state index contributed by atoms with van der Waals surface area (Å²) in [4.78, 5) is 14.8. The summed E-state index contributed by atoms with van der Waals surface area (Å²) in [7, 11) is 0. The van der Waals surface area contributed by atoms with Gasteiger partial charge in [0, 0.05) is 36.7 Å². The molecule has 0 radical (unpaired) electrons. The highest BCUT2D eigenvalue weighted by molar-refractivity contribution is 7.80. The molecule has 6 nitrogen and oxygen atoms in total. The van der Waals surface area contributed by atoms with E-state index in [2.05, 4.69) is 56.5 Å². The van der Waals surface area contributed by atoms with E-state index in [1.54, 1.807) is 36.4 Å². The fourth-order valence-electron chi connectivity index (χ4n) is 4.83. The molecule has 4 aromatic rings. The highest BCUT2D eigenvalue weighted by Crippen LogP contribution is 2.27. The van der Waals surface area contributed by atoms with Gasteiger partial charge in [-0.15, -0.1) is 0 Å². The van der Waals surface area contributed by atoms with Crippen molar-refractivity contribution in [2.24, 2.45) is 5.92 Å². The van der Waals surface area contributed by atoms with Gasteiger partial charge in [-0.05, 0) is 91.3 Å². The Kier molecular flexibility index (Phi) is 9.46. The summed E-state index contributed by atoms with van der Waals surface area (Å²) in [6.45, 7) is 4.03. The van der Waals surface area contributed by atoms with E-state index in [1.165, 1.54) is 17.7 Å². The van der Waals surface area contributed by atoms with Crippen LogP contribution in [0.1, 0.15) is 22.3 Å². The van der Waals surface area contributed by atoms with Crippen LogP contribution in [0.4, 0.5) is 27.1 Å². The van der Waals surface area contributed by atoms with Crippen LogP contribution < -0.4 is 21.3 Å². The minimum absolute atomic E-state index is 0.0102. The molecule has 1 unspecified atom stereocenters. The van der Waals surface area contributed by atoms with Gasteiger partial charge in [-0.1, -0.05) is 54.1 Å². The van der Waals surface area contributed by atoms with Crippen LogP contribution in [0, 0.1) is 11.7 Å². The zero-order valence-corrected chi connectivity index (χ0v) is 23.9. The Morgan fingerprint density at radius 1 is 0.878 bits per heavy atom. The molecule has 0 aromatic heterocycles. The monoisotopic (exact) mass is 587 g/mol. The largest absolute Gasteiger partial charge is 0.384 e. The normalized spacial score (nSPS) is 14.8. The molecule has 1 atom stereocenters. The van der Waals surface area contributed by atoms with Gasteiger partial charge in [0.05, 0.1) is 16.3 Å². The Morgan fingerprint density at radius 2 is 1.54 bits per heavy atom. The third-order valence-electron chi connectivity index (χ3n) is 6.95. The van der Waals surface area contributed by atoms with Crippen molar-refractivity contribution in [3.8, 4) is 0 Å². The van der Waals surface area contributed by atoms with Crippen LogP contribution in [0.3, 0.4) is 0 Å². The van der Waals surface area contributed by atoms with Crippen molar-refractivity contribution in [2.45, 2.75) is 13.0 Å². The number of carbonyl (C=O) groups is 1. The second-order valence-electron chi connectivity index (χ2n) is 10.0. The Bertz CT molecular complexity index is 1500. The number of nitrogens with one attached hydrogen (secondary N) is 4. The fraction of sp³-hybridized carbons (Fsp3) is 0.188. The molecule has 5 rings (SSSR count). The number of halogens is 2. The molecule has 1 amide bonds. The van der Waals surface area contributed by atoms with Gasteiger partial charge in [0.25, 0.3) is 5.91 Å². The van der Waals surface area contributed by atoms with E-state index in [9.17, 15) is 9.18 Å². The van der Waals surface area contributed by atoms with Crippen molar-refractivity contribution in [1.29, 1.82) is 0 Å². The van der Waals surface area contributed by atoms with E-state index < -0.39 is 11.7 Å². The molecule has 1 aliphatic rings. The van der Waals surface area contributed by atoms with E-state index in [0.29, 0.717) is 21.7 Å². The first-order valence-corrected chi connectivity index (χ1v) is 14.3. The second-order valence-corrected chi connectivity index (χ2v) is 10.9. The first-order chi connectivity index (χ1) is 19.9. The van der Waals surface area contributed by atoms with Crippen molar-refractivity contribution < 1.29 is 9.18 Å². The Balaban J connectivity index is 1.07. The number of benzene rings is 4. The smallest absolute Gasteiger partial charge is 0.258 e. The molecule has 9 heteroatoms. The molecule has 4 aromatic carbocycles. The number of amides is 1. The third-order valence-corrected chi connectivity index (χ3v) is 7.46. The third kappa shape index (κ3) is 8.04. The van der Waals surface area contributed by atoms with E-state index >= 15 is 0 Å². The van der Waals surface area contributed by atoms with Crippen LogP contribution in [0.15, 0.2) is 97.1 Å². The summed E-state index contributed by atoms with van der Waals surface area (Å²) >= 11 is 12.0. The van der Waals surface area contributed by atoms with Crippen LogP contribution in [0.5, 0.6) is 0 Å². The number of thiocarbonyl (C=S) groups is 1. The second kappa shape index (κ2) is 13.6. The first-order valence-electron chi connectivity index (χ1n) is 13.5. The summed E-state index contributed by atoms with van der Waals surface area (Å²) < 4.78 is 13.8. The van der Waals surface area contributed by atoms with E-state index in [4.69, 9.17) is 23.8 Å². The van der Waals surface area contributed by atoms with Crippen molar-refractivity contribution in [3.63, 3.8) is 0 Å². The number of rotatable bonds is 9. The van der Waals surface area contributed by atoms with Crippen molar-refractivity contribution >= 4 is 57.6 Å². The van der Waals surface area contributed by atoms with Gasteiger partial charge in [0.2, 0.25) is 0 Å². The van der Waals surface area contributed by atoms with Crippen molar-refractivity contribution in [3.05, 3.63) is 119 Å². The quantitative estimate of drug-likeness (QED) is 0.152. The molecule has 0 saturated carbocycles. The zero-order valence-electron chi connectivity index (χ0n) is 22.4. The lowest BCUT2D eigenvalue weighted by atomic mass is 10.1. The summed E-state index contributed by atoms with van der Waals surface area (Å²) in [5.74, 6) is -0.504. The van der Waals surface area contributed by atoms with Gasteiger partial charge in [0.1, 0.15) is 5.82 Å². The van der Waals surface area contributed by atoms with Crippen LogP contribution >= 0.6 is 23.8 Å². The standard InChI is InChI=1S/C32H31ClFN5OS/c33-28-18-26(14-15-30(28)35-19-23-16-17-39(21-23)20-22-6-2-1-3-7-22)38-32(41)37-25-12-10-24(11-13-25)36-31(40)27-8-4-5-9-29(27)34/h1-15,18,23,35H,16-17,19-21H2,(H,36,40)(H2,37,38,41). The van der Waals surface area contributed by atoms with E-state index in [1.807, 2.05) is 18.2 Å². The van der Waals surface area contributed by atoms with Gasteiger partial charge >= 0.3 is 0 Å². The lowest BCUT2D eigenvalue weighted by Gasteiger charge is -2.17. The molecule has 1 saturated heterocycles. The van der Waals surface area contributed by atoms with E-state index in [-0.39, 0.29) is 5.56 Å². The number of anilines is 4. The summed E-state index contributed by atoms with van der Waals surface area (Å²) in [5.41, 5.74) is 4.27. The fourth-order valence-corrected chi connectivity index (χ4v) is 5.31. The molecule has 1 fully saturated rings. The molecular weight excluding hydrogens is 557 g/mol. The minimum atomic E-state index is -0.566. The Morgan fingerprint density at radius 3 is 2.27 bits per heavy atom. The molecule has 0 bridgehead atoms. The van der Waals surface area contributed by atoms with E-state index in [0.717, 1.165) is 49.7 Å². The van der Waals surface area contributed by atoms with Crippen molar-refractivity contribution in [2.75, 3.05) is 40.9 Å². The van der Waals surface area contributed by atoms with Crippen LogP contribution in [0.25, 0.3) is 0 Å². The Labute approximate surface area is 249 Å². The maximum atomic E-state index is 13.8. The van der Waals surface area contributed by atoms with Crippen LogP contribution in [-0.2, 0) is 6.54 Å². The molecule has 1 heterocycles. The average molecular weight is 588 g/mol. The summed E-state index contributed by atoms with van der Waals surface area (Å²) in [5, 5.41) is 13.5. The molecule has 210 valence electrons. The molecule has 4 N–H and O–H groups in total. The van der Waals surface area contributed by atoms with Crippen molar-refractivity contribution in [1.82, 2.24) is 4.90 Å². The lowest BCUT2D eigenvalue weighted by molar-refractivity contribution is 0.102. The predicted molar refractivity (Wildman–Crippen MR) is 170 cm³/mol. The highest BCUT2D eigenvalue weighted by Gasteiger charge is 2.22. The lowest BCUT2D eigenvalue weighted by Crippen LogP contribution is -2.22. The molecule has 1 aliphatic heterocycles. The summed E-state index contributed by atoms with van der Waals surface area (Å²) in [6.07, 6.45) is 1.16. The Hall–Kier alpha value is -3.98. The molecule has 0 spiro atoms. The first kappa shape index (κ1) is 28.5. The average Bonchev–Trinajstić information content (AvgIpc) is 3.41. The zero-order chi connectivity index (χ0) is 28.6. The van der Waals surface area contributed by atoms with Crippen LogP contribution in [0.2, 0.25) is 5.02 Å². The number of hydrogen-bond donors (Lipinski definition) is 4. The number of carbonyl (C=O) groups excluding carboxylic acids is 1. The topological polar surface area (TPSA) is 68.4 Å². The maximum Gasteiger partial charge on any atom is 0.258 e. The maximum absolute atomic E-state index is 13.8. The van der Waals surface area contributed by atoms with Gasteiger partial charge < -0.3 is 21.3 Å². The van der Waals surface area contributed by atoms with Crippen LogP contribution in [-0.4, -0.2) is 35.6 Å². The highest BCUT2D eigenvalue weighted by atomic mass is 35.5. The summed E-state index contributed by atoms with van der Waals surface area (Å²) in [6, 6.07) is 29.1. The van der Waals surface area contributed by atoms with Gasteiger partial charge in [-0.2, -0.15) is 0 Å². The van der Waals surface area contributed by atoms with Gasteiger partial charge in [-0.3, -0.25) is 9.69 Å². The number of hydrogen-bond acceptors (Lipinski definition) is 4. The SMILES string of the molecule is O=C(Nc1ccc(NC(=S)Nc2ccc(NCC3CCN(Cc4ccccc4)C3)c(Cl)c2)cc1)c1ccccc1F. The number of nitrogens with zero attached hydrogens (tertiary/aromatic N) is 1. The minimum Gasteiger partial charge on any atom is -0.384 e. The molecule has 41 heavy (non-hydrogen) atoms. The predicted octanol–water partition coefficient (Wildman–Crippen LogP) is 7.47. The van der Waals surface area contributed by atoms with Gasteiger partial charge in [-0.25, -0.2) is 4.39 Å². The molecular formula is C32H31ClFN5OS. The van der Waals surface area contributed by atoms with Gasteiger partial charge in [0.15, 0.2) is 5.11 Å². The molecule has 0 aliphatic carbocycles.